The molecule has 2 aromatic carbocycles. The lowest BCUT2D eigenvalue weighted by Crippen LogP contribution is -2.47. The Kier molecular flexibility index (Phi) is 4.37. The second-order valence-electron chi connectivity index (χ2n) is 6.82. The molecule has 2 aromatic heterocycles. The maximum absolute atomic E-state index is 6.16. The molecule has 0 spiro atoms. The van der Waals surface area contributed by atoms with Crippen LogP contribution in [0.25, 0.3) is 22.5 Å². The molecule has 0 radical (unpaired) electrons. The molecule has 3 heterocycles. The summed E-state index contributed by atoms with van der Waals surface area (Å²) in [4.78, 5) is 14.2. The molecule has 4 aromatic rings. The monoisotopic (exact) mass is 390 g/mol. The maximum atomic E-state index is 6.16. The highest BCUT2D eigenvalue weighted by atomic mass is 35.5. The van der Waals surface area contributed by atoms with Gasteiger partial charge in [-0.05, 0) is 42.5 Å². The normalized spacial score (nSPS) is 14.6. The molecule has 0 aliphatic carbocycles. The van der Waals surface area contributed by atoms with E-state index in [4.69, 9.17) is 21.0 Å². The first kappa shape index (κ1) is 17.1. The van der Waals surface area contributed by atoms with E-state index < -0.39 is 0 Å². The minimum absolute atomic E-state index is 0.621. The number of para-hydroxylation sites is 1. The van der Waals surface area contributed by atoms with Gasteiger partial charge in [-0.25, -0.2) is 9.97 Å². The number of rotatable bonds is 3. The molecule has 0 bridgehead atoms. The van der Waals surface area contributed by atoms with E-state index in [0.29, 0.717) is 11.6 Å². The highest BCUT2D eigenvalue weighted by Gasteiger charge is 2.22. The van der Waals surface area contributed by atoms with Crippen molar-refractivity contribution in [3.05, 3.63) is 71.9 Å². The highest BCUT2D eigenvalue weighted by molar-refractivity contribution is 6.30. The summed E-state index contributed by atoms with van der Waals surface area (Å²) in [6.45, 7) is 3.58. The Morgan fingerprint density at radius 1 is 0.821 bits per heavy atom. The first-order valence-corrected chi connectivity index (χ1v) is 9.72. The third-order valence-corrected chi connectivity index (χ3v) is 5.31. The molecule has 6 heteroatoms. The lowest BCUT2D eigenvalue weighted by atomic mass is 10.2. The molecule has 1 aliphatic rings. The van der Waals surface area contributed by atoms with Crippen LogP contribution in [-0.2, 0) is 0 Å². The summed E-state index contributed by atoms with van der Waals surface area (Å²) >= 11 is 6.16. The Hall–Kier alpha value is -3.05. The van der Waals surface area contributed by atoms with Gasteiger partial charge in [-0.3, -0.25) is 0 Å². The number of nitrogens with zero attached hydrogens (tertiary/aromatic N) is 4. The van der Waals surface area contributed by atoms with Crippen molar-refractivity contribution in [2.24, 2.45) is 0 Å². The summed E-state index contributed by atoms with van der Waals surface area (Å²) in [5.41, 5.74) is 2.09. The fraction of sp³-hybridized carbons (Fsp3) is 0.182. The maximum Gasteiger partial charge on any atom is 0.198 e. The molecule has 1 fully saturated rings. The smallest absolute Gasteiger partial charge is 0.198 e. The third-order valence-electron chi connectivity index (χ3n) is 5.08. The Balaban J connectivity index is 1.46. The Morgan fingerprint density at radius 3 is 2.43 bits per heavy atom. The molecule has 0 amide bonds. The molecular weight excluding hydrogens is 372 g/mol. The van der Waals surface area contributed by atoms with Crippen LogP contribution in [0, 0.1) is 0 Å². The van der Waals surface area contributed by atoms with Gasteiger partial charge < -0.3 is 14.2 Å². The van der Waals surface area contributed by atoms with Crippen molar-refractivity contribution in [3.8, 4) is 11.6 Å². The Bertz CT molecular complexity index is 1100. The topological polar surface area (TPSA) is 45.4 Å². The number of halogens is 1. The summed E-state index contributed by atoms with van der Waals surface area (Å²) in [7, 11) is 0. The quantitative estimate of drug-likeness (QED) is 0.499. The summed E-state index contributed by atoms with van der Waals surface area (Å²) in [5, 5.41) is 1.83. The van der Waals surface area contributed by atoms with Crippen LogP contribution in [0.15, 0.2) is 71.3 Å². The SMILES string of the molecule is Clc1cccc(N2CCN(c3nc(-c4ccco4)nc4ccccc34)CC2)c1. The molecule has 0 saturated carbocycles. The van der Waals surface area contributed by atoms with E-state index in [0.717, 1.165) is 53.6 Å². The number of hydrogen-bond acceptors (Lipinski definition) is 5. The van der Waals surface area contributed by atoms with Gasteiger partial charge in [0.2, 0.25) is 0 Å². The van der Waals surface area contributed by atoms with Gasteiger partial charge in [0.1, 0.15) is 5.82 Å². The van der Waals surface area contributed by atoms with Crippen LogP contribution in [-0.4, -0.2) is 36.1 Å². The van der Waals surface area contributed by atoms with Crippen LogP contribution in [0.2, 0.25) is 5.02 Å². The van der Waals surface area contributed by atoms with Crippen LogP contribution >= 0.6 is 11.6 Å². The van der Waals surface area contributed by atoms with Crippen molar-refractivity contribution in [2.75, 3.05) is 36.0 Å². The van der Waals surface area contributed by atoms with E-state index >= 15 is 0 Å². The second-order valence-corrected chi connectivity index (χ2v) is 7.26. The minimum atomic E-state index is 0.621. The molecule has 28 heavy (non-hydrogen) atoms. The van der Waals surface area contributed by atoms with E-state index in [-0.39, 0.29) is 0 Å². The molecule has 1 saturated heterocycles. The van der Waals surface area contributed by atoms with Gasteiger partial charge in [0, 0.05) is 42.3 Å². The van der Waals surface area contributed by atoms with Crippen LogP contribution in [0.5, 0.6) is 0 Å². The average Bonchev–Trinajstić information content (AvgIpc) is 3.28. The van der Waals surface area contributed by atoms with Crippen molar-refractivity contribution in [1.29, 1.82) is 0 Å². The first-order valence-electron chi connectivity index (χ1n) is 9.34. The Morgan fingerprint density at radius 2 is 1.64 bits per heavy atom. The standard InChI is InChI=1S/C22H19ClN4O/c23-16-5-3-6-17(15-16)26-10-12-27(13-11-26)22-18-7-1-2-8-19(18)24-21(25-22)20-9-4-14-28-20/h1-9,14-15H,10-13H2. The van der Waals surface area contributed by atoms with Crippen LogP contribution < -0.4 is 9.80 Å². The van der Waals surface area contributed by atoms with Crippen LogP contribution in [0.4, 0.5) is 11.5 Å². The number of aromatic nitrogens is 2. The summed E-state index contributed by atoms with van der Waals surface area (Å²) in [6.07, 6.45) is 1.65. The molecule has 0 atom stereocenters. The average molecular weight is 391 g/mol. The van der Waals surface area contributed by atoms with Gasteiger partial charge in [0.05, 0.1) is 11.8 Å². The van der Waals surface area contributed by atoms with Gasteiger partial charge in [0.15, 0.2) is 11.6 Å². The van der Waals surface area contributed by atoms with E-state index in [9.17, 15) is 0 Å². The molecule has 140 valence electrons. The molecule has 0 N–H and O–H groups in total. The lowest BCUT2D eigenvalue weighted by molar-refractivity contribution is 0.577. The van der Waals surface area contributed by atoms with Gasteiger partial charge in [-0.2, -0.15) is 0 Å². The molecule has 5 nitrogen and oxygen atoms in total. The van der Waals surface area contributed by atoms with E-state index in [1.54, 1.807) is 6.26 Å². The fourth-order valence-electron chi connectivity index (χ4n) is 3.67. The fourth-order valence-corrected chi connectivity index (χ4v) is 3.85. The van der Waals surface area contributed by atoms with Crippen LogP contribution in [0.1, 0.15) is 0 Å². The van der Waals surface area contributed by atoms with E-state index in [1.165, 1.54) is 0 Å². The van der Waals surface area contributed by atoms with Crippen molar-refractivity contribution < 1.29 is 4.42 Å². The number of benzene rings is 2. The molecule has 1 aliphatic heterocycles. The van der Waals surface area contributed by atoms with E-state index in [2.05, 4.69) is 26.9 Å². The Labute approximate surface area is 168 Å². The zero-order valence-electron chi connectivity index (χ0n) is 15.3. The predicted octanol–water partition coefficient (Wildman–Crippen LogP) is 4.87. The van der Waals surface area contributed by atoms with Gasteiger partial charge in [0.25, 0.3) is 0 Å². The highest BCUT2D eigenvalue weighted by Crippen LogP contribution is 2.29. The molecular formula is C22H19ClN4O. The molecule has 0 unspecified atom stereocenters. The zero-order chi connectivity index (χ0) is 18.9. The third kappa shape index (κ3) is 3.18. The van der Waals surface area contributed by atoms with Crippen molar-refractivity contribution >= 4 is 34.0 Å². The van der Waals surface area contributed by atoms with Crippen molar-refractivity contribution in [3.63, 3.8) is 0 Å². The van der Waals surface area contributed by atoms with Crippen molar-refractivity contribution in [2.45, 2.75) is 0 Å². The largest absolute Gasteiger partial charge is 0.461 e. The predicted molar refractivity (Wildman–Crippen MR) is 113 cm³/mol. The number of fused-ring (bicyclic) bond motifs is 1. The zero-order valence-corrected chi connectivity index (χ0v) is 16.0. The minimum Gasteiger partial charge on any atom is -0.461 e. The van der Waals surface area contributed by atoms with Gasteiger partial charge in [-0.15, -0.1) is 0 Å². The molecule has 5 rings (SSSR count). The number of hydrogen-bond donors (Lipinski definition) is 0. The number of furan rings is 1. The summed E-state index contributed by atoms with van der Waals surface area (Å²) in [6, 6.07) is 19.9. The van der Waals surface area contributed by atoms with E-state index in [1.807, 2.05) is 48.5 Å². The van der Waals surface area contributed by atoms with Gasteiger partial charge >= 0.3 is 0 Å². The first-order chi connectivity index (χ1) is 13.8. The van der Waals surface area contributed by atoms with Crippen molar-refractivity contribution in [1.82, 2.24) is 9.97 Å². The summed E-state index contributed by atoms with van der Waals surface area (Å²) in [5.74, 6) is 2.27. The van der Waals surface area contributed by atoms with Gasteiger partial charge in [-0.1, -0.05) is 29.8 Å². The summed E-state index contributed by atoms with van der Waals surface area (Å²) < 4.78 is 5.53. The number of piperazine rings is 1. The van der Waals surface area contributed by atoms with Crippen LogP contribution in [0.3, 0.4) is 0 Å². The number of anilines is 2. The lowest BCUT2D eigenvalue weighted by Gasteiger charge is -2.37. The second kappa shape index (κ2) is 7.17.